The molecular formula is C4H7FN2. The third kappa shape index (κ3) is 3.20. The number of halogens is 1. The first kappa shape index (κ1) is 6.38. The summed E-state index contributed by atoms with van der Waals surface area (Å²) in [5.41, 5.74) is 4.83. The van der Waals surface area contributed by atoms with E-state index in [9.17, 15) is 4.39 Å². The van der Waals surface area contributed by atoms with Crippen LogP contribution < -0.4 is 5.73 Å². The first-order chi connectivity index (χ1) is 3.31. The molecule has 0 fully saturated rings. The molecule has 1 atom stereocenters. The Hall–Kier alpha value is -0.620. The maximum absolute atomic E-state index is 11.8. The molecule has 0 aliphatic heterocycles. The Kier molecular flexibility index (Phi) is 3.25. The van der Waals surface area contributed by atoms with Gasteiger partial charge in [-0.15, -0.1) is 0 Å². The predicted molar refractivity (Wildman–Crippen MR) is 24.2 cm³/mol. The molecule has 3 heteroatoms. The van der Waals surface area contributed by atoms with Crippen molar-refractivity contribution in [3.8, 4) is 6.07 Å². The van der Waals surface area contributed by atoms with E-state index in [0.29, 0.717) is 0 Å². The van der Waals surface area contributed by atoms with Crippen molar-refractivity contribution in [3.63, 3.8) is 0 Å². The van der Waals surface area contributed by atoms with Gasteiger partial charge in [0.1, 0.15) is 6.17 Å². The van der Waals surface area contributed by atoms with Crippen LogP contribution in [0.25, 0.3) is 0 Å². The Morgan fingerprint density at radius 1 is 1.86 bits per heavy atom. The Balaban J connectivity index is 3.03. The Morgan fingerprint density at radius 3 is 2.57 bits per heavy atom. The molecule has 0 saturated heterocycles. The molecule has 40 valence electrons. The van der Waals surface area contributed by atoms with E-state index >= 15 is 0 Å². The SMILES string of the molecule is N#CCC(F)CN. The minimum atomic E-state index is -1.13. The van der Waals surface area contributed by atoms with Crippen molar-refractivity contribution in [1.29, 1.82) is 5.26 Å². The number of nitrogens with two attached hydrogens (primary N) is 1. The molecule has 0 aliphatic rings. The molecular weight excluding hydrogens is 95.1 g/mol. The van der Waals surface area contributed by atoms with Crippen LogP contribution in [0.3, 0.4) is 0 Å². The quantitative estimate of drug-likeness (QED) is 0.541. The fourth-order valence-corrected chi connectivity index (χ4v) is 0.182. The van der Waals surface area contributed by atoms with E-state index < -0.39 is 6.17 Å². The molecule has 0 radical (unpaired) electrons. The van der Waals surface area contributed by atoms with Crippen molar-refractivity contribution >= 4 is 0 Å². The summed E-state index contributed by atoms with van der Waals surface area (Å²) < 4.78 is 11.8. The van der Waals surface area contributed by atoms with Gasteiger partial charge in [0.05, 0.1) is 12.5 Å². The number of alkyl halides is 1. The largest absolute Gasteiger partial charge is 0.328 e. The van der Waals surface area contributed by atoms with Gasteiger partial charge in [0.25, 0.3) is 0 Å². The zero-order valence-corrected chi connectivity index (χ0v) is 3.89. The third-order valence-corrected chi connectivity index (χ3v) is 0.569. The zero-order chi connectivity index (χ0) is 5.70. The van der Waals surface area contributed by atoms with Gasteiger partial charge in [-0.3, -0.25) is 0 Å². The second-order valence-electron chi connectivity index (χ2n) is 1.20. The predicted octanol–water partition coefficient (Wildman–Crippen LogP) is 0.197. The fraction of sp³-hybridized carbons (Fsp3) is 0.750. The highest BCUT2D eigenvalue weighted by atomic mass is 19.1. The smallest absolute Gasteiger partial charge is 0.125 e. The topological polar surface area (TPSA) is 49.8 Å². The highest BCUT2D eigenvalue weighted by molar-refractivity contribution is 4.75. The van der Waals surface area contributed by atoms with Crippen molar-refractivity contribution in [2.75, 3.05) is 6.54 Å². The van der Waals surface area contributed by atoms with Gasteiger partial charge in [0.2, 0.25) is 0 Å². The van der Waals surface area contributed by atoms with Crippen LogP contribution >= 0.6 is 0 Å². The lowest BCUT2D eigenvalue weighted by Crippen LogP contribution is -2.13. The molecule has 7 heavy (non-hydrogen) atoms. The lowest BCUT2D eigenvalue weighted by Gasteiger charge is -1.92. The van der Waals surface area contributed by atoms with E-state index in [2.05, 4.69) is 0 Å². The maximum Gasteiger partial charge on any atom is 0.125 e. The molecule has 1 unspecified atom stereocenters. The molecule has 2 N–H and O–H groups in total. The minimum Gasteiger partial charge on any atom is -0.328 e. The molecule has 0 aromatic heterocycles. The standard InChI is InChI=1S/C4H7FN2/c5-4(3-7)1-2-6/h4H,1,3,7H2. The summed E-state index contributed by atoms with van der Waals surface area (Å²) in [5, 5.41) is 7.82. The van der Waals surface area contributed by atoms with Crippen LogP contribution in [-0.2, 0) is 0 Å². The second-order valence-corrected chi connectivity index (χ2v) is 1.20. The third-order valence-electron chi connectivity index (χ3n) is 0.569. The van der Waals surface area contributed by atoms with Crippen molar-refractivity contribution in [1.82, 2.24) is 0 Å². The molecule has 0 rings (SSSR count). The minimum absolute atomic E-state index is 0.0481. The average molecular weight is 102 g/mol. The van der Waals surface area contributed by atoms with Gasteiger partial charge in [-0.1, -0.05) is 0 Å². The second kappa shape index (κ2) is 3.57. The summed E-state index contributed by atoms with van der Waals surface area (Å²) in [6, 6.07) is 1.66. The van der Waals surface area contributed by atoms with Crippen LogP contribution in [0.1, 0.15) is 6.42 Å². The molecule has 0 aliphatic carbocycles. The summed E-state index contributed by atoms with van der Waals surface area (Å²) in [6.45, 7) is -0.0481. The number of nitriles is 1. The molecule has 2 nitrogen and oxygen atoms in total. The Morgan fingerprint density at radius 2 is 2.43 bits per heavy atom. The van der Waals surface area contributed by atoms with E-state index in [-0.39, 0.29) is 13.0 Å². The summed E-state index contributed by atoms with van der Waals surface area (Å²) in [7, 11) is 0. The fourth-order valence-electron chi connectivity index (χ4n) is 0.182. The molecule has 0 amide bonds. The molecule has 0 heterocycles. The van der Waals surface area contributed by atoms with Gasteiger partial charge in [-0.05, 0) is 0 Å². The van der Waals surface area contributed by atoms with Gasteiger partial charge < -0.3 is 5.73 Å². The molecule has 0 saturated carbocycles. The highest BCUT2D eigenvalue weighted by Gasteiger charge is 1.98. The van der Waals surface area contributed by atoms with E-state index in [1.165, 1.54) is 0 Å². The normalized spacial score (nSPS) is 12.7. The zero-order valence-electron chi connectivity index (χ0n) is 3.89. The molecule has 0 aromatic rings. The van der Waals surface area contributed by atoms with E-state index in [1.54, 1.807) is 6.07 Å². The summed E-state index contributed by atoms with van der Waals surface area (Å²) in [4.78, 5) is 0. The monoisotopic (exact) mass is 102 g/mol. The average Bonchev–Trinajstić information content (AvgIpc) is 1.68. The first-order valence-corrected chi connectivity index (χ1v) is 2.02. The summed E-state index contributed by atoms with van der Waals surface area (Å²) in [6.07, 6.45) is -1.22. The van der Waals surface area contributed by atoms with Gasteiger partial charge >= 0.3 is 0 Å². The van der Waals surface area contributed by atoms with Gasteiger partial charge in [-0.2, -0.15) is 5.26 Å². The van der Waals surface area contributed by atoms with Crippen molar-refractivity contribution < 1.29 is 4.39 Å². The Labute approximate surface area is 41.7 Å². The van der Waals surface area contributed by atoms with E-state index in [4.69, 9.17) is 11.0 Å². The lowest BCUT2D eigenvalue weighted by molar-refractivity contribution is 0.348. The number of hydrogen-bond acceptors (Lipinski definition) is 2. The lowest BCUT2D eigenvalue weighted by atomic mass is 10.3. The number of hydrogen-bond donors (Lipinski definition) is 1. The van der Waals surface area contributed by atoms with Gasteiger partial charge in [-0.25, -0.2) is 4.39 Å². The van der Waals surface area contributed by atoms with Crippen LogP contribution in [-0.4, -0.2) is 12.7 Å². The number of nitrogens with zero attached hydrogens (tertiary/aromatic N) is 1. The molecule has 0 spiro atoms. The van der Waals surface area contributed by atoms with E-state index in [1.807, 2.05) is 0 Å². The van der Waals surface area contributed by atoms with Crippen molar-refractivity contribution in [3.05, 3.63) is 0 Å². The van der Waals surface area contributed by atoms with Crippen molar-refractivity contribution in [2.45, 2.75) is 12.6 Å². The van der Waals surface area contributed by atoms with Crippen LogP contribution in [0, 0.1) is 11.3 Å². The van der Waals surface area contributed by atoms with E-state index in [0.717, 1.165) is 0 Å². The first-order valence-electron chi connectivity index (χ1n) is 2.02. The highest BCUT2D eigenvalue weighted by Crippen LogP contribution is 1.90. The van der Waals surface area contributed by atoms with Crippen LogP contribution in [0.2, 0.25) is 0 Å². The molecule has 0 aromatic carbocycles. The van der Waals surface area contributed by atoms with Crippen molar-refractivity contribution in [2.24, 2.45) is 5.73 Å². The number of rotatable bonds is 2. The van der Waals surface area contributed by atoms with Gasteiger partial charge in [0, 0.05) is 6.54 Å². The summed E-state index contributed by atoms with van der Waals surface area (Å²) >= 11 is 0. The summed E-state index contributed by atoms with van der Waals surface area (Å²) in [5.74, 6) is 0. The van der Waals surface area contributed by atoms with Crippen LogP contribution in [0.5, 0.6) is 0 Å². The van der Waals surface area contributed by atoms with Gasteiger partial charge in [0.15, 0.2) is 0 Å². The van der Waals surface area contributed by atoms with Crippen LogP contribution in [0.4, 0.5) is 4.39 Å². The molecule has 0 bridgehead atoms. The Bertz CT molecular complexity index is 76.2. The van der Waals surface area contributed by atoms with Crippen LogP contribution in [0.15, 0.2) is 0 Å². The maximum atomic E-state index is 11.8.